The van der Waals surface area contributed by atoms with E-state index >= 15 is 0 Å². The summed E-state index contributed by atoms with van der Waals surface area (Å²) in [6, 6.07) is 7.51. The van der Waals surface area contributed by atoms with Gasteiger partial charge in [0.1, 0.15) is 0 Å². The lowest BCUT2D eigenvalue weighted by Crippen LogP contribution is -2.26. The summed E-state index contributed by atoms with van der Waals surface area (Å²) in [5, 5.41) is 0. The highest BCUT2D eigenvalue weighted by atomic mass is 19.3. The topological polar surface area (TPSA) is 29.3 Å². The van der Waals surface area contributed by atoms with E-state index in [1.54, 1.807) is 11.9 Å². The summed E-state index contributed by atoms with van der Waals surface area (Å²) in [5.41, 5.74) is 7.48. The molecule has 0 heterocycles. The van der Waals surface area contributed by atoms with Gasteiger partial charge in [0, 0.05) is 12.2 Å². The number of likely N-dealkylation sites (N-methyl/N-ethyl adjacent to an activating group) is 1. The fourth-order valence-electron chi connectivity index (χ4n) is 1.40. The number of hydrogen-bond acceptors (Lipinski definition) is 2. The number of alkyl halides is 2. The lowest BCUT2D eigenvalue weighted by Gasteiger charge is -2.16. The number of benzene rings is 1. The Labute approximate surface area is 88.7 Å². The lowest BCUT2D eigenvalue weighted by atomic mass is 10.1. The van der Waals surface area contributed by atoms with Gasteiger partial charge in [0.05, 0.1) is 6.54 Å². The predicted octanol–water partition coefficient (Wildman–Crippen LogP) is 2.01. The third-order valence-electron chi connectivity index (χ3n) is 2.27. The van der Waals surface area contributed by atoms with Crippen LogP contribution in [0.25, 0.3) is 0 Å². The first-order valence-corrected chi connectivity index (χ1v) is 4.89. The fourth-order valence-corrected chi connectivity index (χ4v) is 1.40. The SMILES string of the molecule is CN(CCc1ccccc1N)CC(F)F. The number of para-hydroxylation sites is 1. The van der Waals surface area contributed by atoms with Crippen LogP contribution in [0.3, 0.4) is 0 Å². The van der Waals surface area contributed by atoms with Crippen molar-refractivity contribution in [3.8, 4) is 0 Å². The van der Waals surface area contributed by atoms with Crippen molar-refractivity contribution < 1.29 is 8.78 Å². The average molecular weight is 214 g/mol. The molecule has 0 spiro atoms. The van der Waals surface area contributed by atoms with E-state index in [-0.39, 0.29) is 6.54 Å². The first-order valence-electron chi connectivity index (χ1n) is 4.89. The van der Waals surface area contributed by atoms with Crippen LogP contribution in [-0.2, 0) is 6.42 Å². The molecule has 15 heavy (non-hydrogen) atoms. The second-order valence-electron chi connectivity index (χ2n) is 3.60. The summed E-state index contributed by atoms with van der Waals surface area (Å²) in [6.07, 6.45) is -1.57. The molecule has 1 aromatic carbocycles. The second kappa shape index (κ2) is 5.66. The molecule has 0 aromatic heterocycles. The first-order chi connectivity index (χ1) is 7.09. The fraction of sp³-hybridized carbons (Fsp3) is 0.455. The maximum atomic E-state index is 12.0. The molecule has 0 atom stereocenters. The van der Waals surface area contributed by atoms with Crippen LogP contribution in [0.2, 0.25) is 0 Å². The van der Waals surface area contributed by atoms with Gasteiger partial charge in [-0.15, -0.1) is 0 Å². The molecule has 2 N–H and O–H groups in total. The van der Waals surface area contributed by atoms with Crippen LogP contribution in [0.1, 0.15) is 5.56 Å². The van der Waals surface area contributed by atoms with Gasteiger partial charge >= 0.3 is 0 Å². The summed E-state index contributed by atoms with van der Waals surface area (Å²) in [7, 11) is 1.69. The Morgan fingerprint density at radius 2 is 2.00 bits per heavy atom. The largest absolute Gasteiger partial charge is 0.399 e. The summed E-state index contributed by atoms with van der Waals surface area (Å²) in [4.78, 5) is 1.61. The van der Waals surface area contributed by atoms with E-state index in [1.807, 2.05) is 24.3 Å². The molecule has 4 heteroatoms. The zero-order chi connectivity index (χ0) is 11.3. The maximum absolute atomic E-state index is 12.0. The van der Waals surface area contributed by atoms with Crippen LogP contribution >= 0.6 is 0 Å². The summed E-state index contributed by atoms with van der Waals surface area (Å²) in [5.74, 6) is 0. The molecule has 84 valence electrons. The Morgan fingerprint density at radius 3 is 2.60 bits per heavy atom. The minimum atomic E-state index is -2.27. The normalized spacial score (nSPS) is 11.3. The van der Waals surface area contributed by atoms with E-state index < -0.39 is 6.43 Å². The molecule has 0 fully saturated rings. The van der Waals surface area contributed by atoms with Crippen LogP contribution in [0.15, 0.2) is 24.3 Å². The van der Waals surface area contributed by atoms with Gasteiger partial charge in [0.15, 0.2) is 0 Å². The summed E-state index contributed by atoms with van der Waals surface area (Å²) in [6.45, 7) is 0.408. The van der Waals surface area contributed by atoms with Crippen LogP contribution in [0, 0.1) is 0 Å². The van der Waals surface area contributed by atoms with Gasteiger partial charge in [-0.25, -0.2) is 8.78 Å². The van der Waals surface area contributed by atoms with Crippen LogP contribution in [0.4, 0.5) is 14.5 Å². The highest BCUT2D eigenvalue weighted by Gasteiger charge is 2.07. The van der Waals surface area contributed by atoms with Gasteiger partial charge in [0.25, 0.3) is 6.43 Å². The molecule has 1 rings (SSSR count). The summed E-state index contributed by atoms with van der Waals surface area (Å²) < 4.78 is 24.0. The third kappa shape index (κ3) is 4.25. The van der Waals surface area contributed by atoms with E-state index in [2.05, 4.69) is 0 Å². The Hall–Kier alpha value is -1.16. The number of hydrogen-bond donors (Lipinski definition) is 1. The Bertz CT molecular complexity index is 302. The number of rotatable bonds is 5. The molecular weight excluding hydrogens is 198 g/mol. The minimum Gasteiger partial charge on any atom is -0.399 e. The number of nitrogen functional groups attached to an aromatic ring is 1. The second-order valence-corrected chi connectivity index (χ2v) is 3.60. The molecule has 0 unspecified atom stereocenters. The molecular formula is C11H16F2N2. The van der Waals surface area contributed by atoms with Gasteiger partial charge in [0.2, 0.25) is 0 Å². The van der Waals surface area contributed by atoms with Crippen molar-refractivity contribution in [3.63, 3.8) is 0 Å². The average Bonchev–Trinajstić information content (AvgIpc) is 2.15. The molecule has 0 radical (unpaired) electrons. The lowest BCUT2D eigenvalue weighted by molar-refractivity contribution is 0.101. The quantitative estimate of drug-likeness (QED) is 0.760. The molecule has 0 saturated heterocycles. The molecule has 1 aromatic rings. The summed E-state index contributed by atoms with van der Waals surface area (Å²) >= 11 is 0. The standard InChI is InChI=1S/C11H16F2N2/c1-15(8-11(12)13)7-6-9-4-2-3-5-10(9)14/h2-5,11H,6-8,14H2,1H3. The monoisotopic (exact) mass is 214 g/mol. The van der Waals surface area contributed by atoms with Crippen molar-refractivity contribution >= 4 is 5.69 Å². The van der Waals surface area contributed by atoms with Gasteiger partial charge in [-0.1, -0.05) is 18.2 Å². The molecule has 0 amide bonds. The molecule has 0 aliphatic rings. The first kappa shape index (κ1) is 11.9. The van der Waals surface area contributed by atoms with Gasteiger partial charge in [-0.05, 0) is 25.1 Å². The third-order valence-corrected chi connectivity index (χ3v) is 2.27. The minimum absolute atomic E-state index is 0.188. The van der Waals surface area contributed by atoms with Crippen molar-refractivity contribution in [2.45, 2.75) is 12.8 Å². The number of nitrogens with zero attached hydrogens (tertiary/aromatic N) is 1. The van der Waals surface area contributed by atoms with Crippen molar-refractivity contribution in [2.75, 3.05) is 25.9 Å². The van der Waals surface area contributed by atoms with E-state index in [9.17, 15) is 8.78 Å². The van der Waals surface area contributed by atoms with Crippen LogP contribution in [0.5, 0.6) is 0 Å². The Balaban J connectivity index is 2.40. The Kier molecular flexibility index (Phi) is 4.49. The van der Waals surface area contributed by atoms with Crippen molar-refractivity contribution in [3.05, 3.63) is 29.8 Å². The van der Waals surface area contributed by atoms with E-state index in [0.29, 0.717) is 13.0 Å². The van der Waals surface area contributed by atoms with Gasteiger partial charge in [-0.2, -0.15) is 0 Å². The van der Waals surface area contributed by atoms with Crippen molar-refractivity contribution in [2.24, 2.45) is 0 Å². The zero-order valence-electron chi connectivity index (χ0n) is 8.79. The van der Waals surface area contributed by atoms with E-state index in [1.165, 1.54) is 0 Å². The number of nitrogens with two attached hydrogens (primary N) is 1. The van der Waals surface area contributed by atoms with E-state index in [4.69, 9.17) is 5.73 Å². The molecule has 0 aliphatic carbocycles. The highest BCUT2D eigenvalue weighted by Crippen LogP contribution is 2.11. The van der Waals surface area contributed by atoms with Crippen LogP contribution in [-0.4, -0.2) is 31.5 Å². The van der Waals surface area contributed by atoms with Gasteiger partial charge in [-0.3, -0.25) is 0 Å². The maximum Gasteiger partial charge on any atom is 0.251 e. The Morgan fingerprint density at radius 1 is 1.33 bits per heavy atom. The molecule has 0 bridgehead atoms. The molecule has 2 nitrogen and oxygen atoms in total. The predicted molar refractivity (Wildman–Crippen MR) is 58.1 cm³/mol. The molecule has 0 aliphatic heterocycles. The number of halogens is 2. The number of anilines is 1. The van der Waals surface area contributed by atoms with Gasteiger partial charge < -0.3 is 10.6 Å². The molecule has 0 saturated carbocycles. The van der Waals surface area contributed by atoms with Crippen LogP contribution < -0.4 is 5.73 Å². The highest BCUT2D eigenvalue weighted by molar-refractivity contribution is 5.46. The van der Waals surface area contributed by atoms with Crippen molar-refractivity contribution in [1.82, 2.24) is 4.90 Å². The zero-order valence-corrected chi connectivity index (χ0v) is 8.79. The van der Waals surface area contributed by atoms with E-state index in [0.717, 1.165) is 11.3 Å². The van der Waals surface area contributed by atoms with Crippen molar-refractivity contribution in [1.29, 1.82) is 0 Å². The smallest absolute Gasteiger partial charge is 0.251 e.